The van der Waals surface area contributed by atoms with Gasteiger partial charge in [-0.3, -0.25) is 14.6 Å². The number of nitrogens with zero attached hydrogens (tertiary/aromatic N) is 4. The van der Waals surface area contributed by atoms with E-state index in [1.165, 1.54) is 30.5 Å². The summed E-state index contributed by atoms with van der Waals surface area (Å²) in [5, 5.41) is 18.8. The van der Waals surface area contributed by atoms with E-state index in [1.54, 1.807) is 29.8 Å². The van der Waals surface area contributed by atoms with Gasteiger partial charge in [0.15, 0.2) is 5.82 Å². The predicted octanol–water partition coefficient (Wildman–Crippen LogP) is 6.87. The van der Waals surface area contributed by atoms with Gasteiger partial charge in [0, 0.05) is 31.1 Å². The number of carboxylic acids is 2. The van der Waals surface area contributed by atoms with Crippen LogP contribution in [-0.2, 0) is 29.0 Å². The number of benzene rings is 2. The number of pyridine rings is 1. The molecule has 0 radical (unpaired) electrons. The summed E-state index contributed by atoms with van der Waals surface area (Å²) >= 11 is 0. The standard InChI is InChI=1S/C24H16F6N6O.C4H6O4/c1-36-19-7-6-15(10-17(19)34-22(36)33-14-4-2-13(3-5-14)23(25,26)27)37-16-8-9-31-18(11-16)21-32-12-20(35-21)24(28,29)30;5-3(6)1-2-4(7)8/h2-12H,1H3,(H,32,35)(H,33,34);1-2H2,(H,5,6)(H,7,8). The predicted molar refractivity (Wildman–Crippen MR) is 147 cm³/mol. The third-order valence-corrected chi connectivity index (χ3v) is 5.96. The van der Waals surface area contributed by atoms with Crippen LogP contribution in [-0.4, -0.2) is 46.7 Å². The molecule has 45 heavy (non-hydrogen) atoms. The molecule has 5 aromatic rings. The number of ether oxygens (including phenoxy) is 1. The first-order valence-electron chi connectivity index (χ1n) is 12.7. The molecule has 3 aromatic heterocycles. The summed E-state index contributed by atoms with van der Waals surface area (Å²) in [6, 6.07) is 12.7. The summed E-state index contributed by atoms with van der Waals surface area (Å²) in [4.78, 5) is 33.7. The van der Waals surface area contributed by atoms with Crippen LogP contribution < -0.4 is 10.1 Å². The van der Waals surface area contributed by atoms with Crippen LogP contribution >= 0.6 is 0 Å². The van der Waals surface area contributed by atoms with Crippen molar-refractivity contribution in [3.8, 4) is 23.0 Å². The molecule has 17 heteroatoms. The fourth-order valence-corrected chi connectivity index (χ4v) is 3.78. The lowest BCUT2D eigenvalue weighted by atomic mass is 10.2. The molecule has 5 rings (SSSR count). The van der Waals surface area contributed by atoms with Gasteiger partial charge in [-0.1, -0.05) is 0 Å². The Morgan fingerprint density at radius 2 is 1.53 bits per heavy atom. The largest absolute Gasteiger partial charge is 0.481 e. The van der Waals surface area contributed by atoms with Gasteiger partial charge in [0.1, 0.15) is 22.9 Å². The molecular weight excluding hydrogens is 614 g/mol. The number of carbonyl (C=O) groups is 2. The maximum atomic E-state index is 12.9. The molecule has 0 aliphatic heterocycles. The number of alkyl halides is 6. The van der Waals surface area contributed by atoms with E-state index in [2.05, 4.69) is 25.3 Å². The first-order chi connectivity index (χ1) is 21.1. The molecule has 0 unspecified atom stereocenters. The van der Waals surface area contributed by atoms with E-state index in [-0.39, 0.29) is 24.4 Å². The smallest absolute Gasteiger partial charge is 0.432 e. The number of H-pyrrole nitrogens is 1. The first kappa shape index (κ1) is 32.3. The van der Waals surface area contributed by atoms with Crippen molar-refractivity contribution in [3.63, 3.8) is 0 Å². The topological polar surface area (TPSA) is 155 Å². The maximum Gasteiger partial charge on any atom is 0.432 e. The fourth-order valence-electron chi connectivity index (χ4n) is 3.78. The molecule has 0 fully saturated rings. The second-order valence-electron chi connectivity index (χ2n) is 9.25. The van der Waals surface area contributed by atoms with Crippen LogP contribution in [0.5, 0.6) is 11.5 Å². The zero-order valence-corrected chi connectivity index (χ0v) is 22.9. The lowest BCUT2D eigenvalue weighted by Crippen LogP contribution is -2.05. The van der Waals surface area contributed by atoms with E-state index < -0.39 is 35.5 Å². The lowest BCUT2D eigenvalue weighted by molar-refractivity contribution is -0.143. The van der Waals surface area contributed by atoms with E-state index in [0.29, 0.717) is 34.8 Å². The highest BCUT2D eigenvalue weighted by Gasteiger charge is 2.33. The van der Waals surface area contributed by atoms with Crippen LogP contribution in [0.2, 0.25) is 0 Å². The Labute approximate surface area is 249 Å². The van der Waals surface area contributed by atoms with E-state index >= 15 is 0 Å². The number of anilines is 2. The molecule has 2 aromatic carbocycles. The van der Waals surface area contributed by atoms with Crippen molar-refractivity contribution in [2.75, 3.05) is 5.32 Å². The van der Waals surface area contributed by atoms with E-state index in [9.17, 15) is 35.9 Å². The Balaban J connectivity index is 0.000000510. The summed E-state index contributed by atoms with van der Waals surface area (Å²) in [6.07, 6.45) is -7.50. The second kappa shape index (κ2) is 12.9. The molecule has 0 aliphatic carbocycles. The minimum atomic E-state index is -4.56. The van der Waals surface area contributed by atoms with Crippen molar-refractivity contribution in [2.24, 2.45) is 7.05 Å². The maximum absolute atomic E-state index is 12.9. The second-order valence-corrected chi connectivity index (χ2v) is 9.25. The van der Waals surface area contributed by atoms with Crippen LogP contribution in [0, 0.1) is 0 Å². The van der Waals surface area contributed by atoms with Gasteiger partial charge in [-0.15, -0.1) is 0 Å². The van der Waals surface area contributed by atoms with Gasteiger partial charge in [-0.05, 0) is 42.5 Å². The number of rotatable bonds is 8. The first-order valence-corrected chi connectivity index (χ1v) is 12.7. The fraction of sp³-hybridized carbons (Fsp3) is 0.179. The molecule has 0 amide bonds. The highest BCUT2D eigenvalue weighted by Crippen LogP contribution is 2.33. The van der Waals surface area contributed by atoms with Crippen LogP contribution in [0.4, 0.5) is 38.0 Å². The average molecular weight is 637 g/mol. The van der Waals surface area contributed by atoms with Gasteiger partial charge in [0.2, 0.25) is 5.95 Å². The number of aromatic amines is 1. The van der Waals surface area contributed by atoms with Crippen molar-refractivity contribution < 1.29 is 50.9 Å². The monoisotopic (exact) mass is 636 g/mol. The third kappa shape index (κ3) is 8.49. The molecule has 3 heterocycles. The number of nitrogens with one attached hydrogen (secondary N) is 2. The minimum Gasteiger partial charge on any atom is -0.481 e. The summed E-state index contributed by atoms with van der Waals surface area (Å²) < 4.78 is 84.5. The number of halogens is 6. The van der Waals surface area contributed by atoms with Gasteiger partial charge in [0.25, 0.3) is 0 Å². The normalized spacial score (nSPS) is 11.5. The van der Waals surface area contributed by atoms with E-state index in [0.717, 1.165) is 17.6 Å². The molecular formula is C28H22F6N6O5. The number of fused-ring (bicyclic) bond motifs is 1. The SMILES string of the molecule is Cn1c(Nc2ccc(C(F)(F)F)cc2)nc2cc(Oc3ccnc(-c4ncc(C(F)(F)F)[nH]4)c3)ccc21.O=C(O)CCC(=O)O. The zero-order chi connectivity index (χ0) is 32.9. The van der Waals surface area contributed by atoms with Crippen molar-refractivity contribution in [1.29, 1.82) is 0 Å². The van der Waals surface area contributed by atoms with Crippen LogP contribution in [0.25, 0.3) is 22.6 Å². The van der Waals surface area contributed by atoms with Crippen molar-refractivity contribution in [1.82, 2.24) is 24.5 Å². The quantitative estimate of drug-likeness (QED) is 0.134. The molecule has 0 saturated heterocycles. The Morgan fingerprint density at radius 3 is 2.11 bits per heavy atom. The minimum absolute atomic E-state index is 0.0584. The average Bonchev–Trinajstić information content (AvgIpc) is 3.58. The molecule has 0 atom stereocenters. The van der Waals surface area contributed by atoms with E-state index in [1.807, 2.05) is 0 Å². The van der Waals surface area contributed by atoms with E-state index in [4.69, 9.17) is 14.9 Å². The van der Waals surface area contributed by atoms with Gasteiger partial charge in [0.05, 0.1) is 35.6 Å². The number of aryl methyl sites for hydroxylation is 1. The zero-order valence-electron chi connectivity index (χ0n) is 22.9. The van der Waals surface area contributed by atoms with Crippen molar-refractivity contribution >= 4 is 34.6 Å². The van der Waals surface area contributed by atoms with Crippen LogP contribution in [0.1, 0.15) is 24.1 Å². The number of imidazole rings is 2. The third-order valence-electron chi connectivity index (χ3n) is 5.96. The number of aromatic nitrogens is 5. The lowest BCUT2D eigenvalue weighted by Gasteiger charge is -2.09. The molecule has 11 nitrogen and oxygen atoms in total. The Bertz CT molecular complexity index is 1800. The molecule has 0 bridgehead atoms. The van der Waals surface area contributed by atoms with Gasteiger partial charge in [-0.25, -0.2) is 9.97 Å². The Hall–Kier alpha value is -5.61. The van der Waals surface area contributed by atoms with Crippen LogP contribution in [0.15, 0.2) is 67.0 Å². The number of hydrogen-bond acceptors (Lipinski definition) is 7. The summed E-state index contributed by atoms with van der Waals surface area (Å²) in [7, 11) is 1.75. The number of hydrogen-bond donors (Lipinski definition) is 4. The van der Waals surface area contributed by atoms with Crippen LogP contribution in [0.3, 0.4) is 0 Å². The van der Waals surface area contributed by atoms with Gasteiger partial charge >= 0.3 is 24.3 Å². The molecule has 236 valence electrons. The van der Waals surface area contributed by atoms with Crippen molar-refractivity contribution in [2.45, 2.75) is 25.2 Å². The Kier molecular flexibility index (Phi) is 9.29. The molecule has 4 N–H and O–H groups in total. The van der Waals surface area contributed by atoms with Crippen molar-refractivity contribution in [3.05, 3.63) is 78.2 Å². The highest BCUT2D eigenvalue weighted by molar-refractivity contribution is 5.81. The number of aliphatic carboxylic acids is 2. The van der Waals surface area contributed by atoms with Gasteiger partial charge in [-0.2, -0.15) is 26.3 Å². The molecule has 0 spiro atoms. The summed E-state index contributed by atoms with van der Waals surface area (Å²) in [5.74, 6) is -1.10. The molecule has 0 aliphatic rings. The van der Waals surface area contributed by atoms with Gasteiger partial charge < -0.3 is 29.8 Å². The number of carboxylic acid groups (broad SMARTS) is 2. The summed E-state index contributed by atoms with van der Waals surface area (Å²) in [5.41, 5.74) is 0.125. The summed E-state index contributed by atoms with van der Waals surface area (Å²) in [6.45, 7) is 0. The highest BCUT2D eigenvalue weighted by atomic mass is 19.4. The Morgan fingerprint density at radius 1 is 0.889 bits per heavy atom. The molecule has 0 saturated carbocycles.